The molecular formula is C24H34N2O5S2. The lowest BCUT2D eigenvalue weighted by atomic mass is 9.99. The Labute approximate surface area is 204 Å². The predicted octanol–water partition coefficient (Wildman–Crippen LogP) is 3.17. The van der Waals surface area contributed by atoms with Crippen LogP contribution in [-0.4, -0.2) is 74.7 Å². The van der Waals surface area contributed by atoms with E-state index in [1.807, 2.05) is 53.9 Å². The summed E-state index contributed by atoms with van der Waals surface area (Å²) in [7, 11) is 0. The van der Waals surface area contributed by atoms with E-state index in [4.69, 9.17) is 4.74 Å². The molecule has 1 aromatic rings. The fourth-order valence-electron chi connectivity index (χ4n) is 4.41. The number of amides is 1. The first-order valence-corrected chi connectivity index (χ1v) is 13.6. The lowest BCUT2D eigenvalue weighted by molar-refractivity contribution is -0.153. The molecule has 1 aromatic carbocycles. The van der Waals surface area contributed by atoms with Crippen LogP contribution in [0.1, 0.15) is 45.1 Å². The summed E-state index contributed by atoms with van der Waals surface area (Å²) in [4.78, 5) is 39.4. The smallest absolute Gasteiger partial charge is 0.326 e. The molecule has 2 N–H and O–H groups in total. The van der Waals surface area contributed by atoms with E-state index in [1.165, 1.54) is 4.90 Å². The van der Waals surface area contributed by atoms with Crippen molar-refractivity contribution in [2.24, 2.45) is 0 Å². The van der Waals surface area contributed by atoms with Crippen molar-refractivity contribution in [3.05, 3.63) is 35.9 Å². The number of likely N-dealkylation sites (tertiary alicyclic amines) is 1. The van der Waals surface area contributed by atoms with Crippen LogP contribution in [-0.2, 0) is 25.5 Å². The van der Waals surface area contributed by atoms with E-state index in [2.05, 4.69) is 5.32 Å². The van der Waals surface area contributed by atoms with Crippen LogP contribution in [0.15, 0.2) is 30.3 Å². The molecule has 182 valence electrons. The highest BCUT2D eigenvalue weighted by Crippen LogP contribution is 2.50. The Hall–Kier alpha value is -1.71. The standard InChI is InChI=1S/C24H34N2O5S2/c1-3-31-23(30)19(11-10-18-8-5-4-6-9-18)25-17(2)21(27)26-13-12-24(16-20(26)22(28)29)32-14-7-15-33-24/h4-6,8-9,17,19-20,25H,3,7,10-16H2,1-2H3,(H,28,29)/t17?,19-,20-/m0/s1. The lowest BCUT2D eigenvalue weighted by Crippen LogP contribution is -2.59. The average molecular weight is 495 g/mol. The minimum Gasteiger partial charge on any atom is -0.480 e. The minimum absolute atomic E-state index is 0.113. The van der Waals surface area contributed by atoms with E-state index in [0.717, 1.165) is 29.9 Å². The maximum absolute atomic E-state index is 13.3. The van der Waals surface area contributed by atoms with Gasteiger partial charge in [0, 0.05) is 13.0 Å². The molecule has 1 unspecified atom stereocenters. The number of benzene rings is 1. The van der Waals surface area contributed by atoms with Crippen LogP contribution in [0.25, 0.3) is 0 Å². The number of ether oxygens (including phenoxy) is 1. The zero-order chi connectivity index (χ0) is 23.8. The van der Waals surface area contributed by atoms with Gasteiger partial charge in [-0.2, -0.15) is 0 Å². The van der Waals surface area contributed by atoms with E-state index in [1.54, 1.807) is 13.8 Å². The maximum Gasteiger partial charge on any atom is 0.326 e. The summed E-state index contributed by atoms with van der Waals surface area (Å²) < 4.78 is 5.11. The number of hydrogen-bond donors (Lipinski definition) is 2. The second-order valence-electron chi connectivity index (χ2n) is 8.52. The Bertz CT molecular complexity index is 816. The number of aryl methyl sites for hydroxylation is 1. The Kier molecular flexibility index (Phi) is 9.52. The lowest BCUT2D eigenvalue weighted by Gasteiger charge is -2.46. The molecule has 7 nitrogen and oxygen atoms in total. The van der Waals surface area contributed by atoms with Crippen molar-refractivity contribution in [1.82, 2.24) is 10.2 Å². The van der Waals surface area contributed by atoms with Crippen LogP contribution < -0.4 is 5.32 Å². The Balaban J connectivity index is 1.66. The highest BCUT2D eigenvalue weighted by atomic mass is 32.2. The van der Waals surface area contributed by atoms with Crippen molar-refractivity contribution in [1.29, 1.82) is 0 Å². The third-order valence-corrected chi connectivity index (χ3v) is 9.64. The number of carbonyl (C=O) groups is 3. The first-order valence-electron chi connectivity index (χ1n) is 11.6. The molecule has 2 aliphatic rings. The SMILES string of the molecule is CCOC(=O)[C@H](CCc1ccccc1)NC(C)C(=O)N1CCC2(C[C@H]1C(=O)O)SCCCS2. The van der Waals surface area contributed by atoms with E-state index < -0.39 is 30.1 Å². The quantitative estimate of drug-likeness (QED) is 0.506. The van der Waals surface area contributed by atoms with Gasteiger partial charge >= 0.3 is 11.9 Å². The molecule has 2 heterocycles. The van der Waals surface area contributed by atoms with Crippen LogP contribution >= 0.6 is 23.5 Å². The number of nitrogens with zero attached hydrogens (tertiary/aromatic N) is 1. The molecule has 3 rings (SSSR count). The first-order chi connectivity index (χ1) is 15.8. The van der Waals surface area contributed by atoms with Crippen LogP contribution in [0.2, 0.25) is 0 Å². The first kappa shape index (κ1) is 25.9. The number of aliphatic carboxylic acids is 1. The van der Waals surface area contributed by atoms with Crippen molar-refractivity contribution in [2.75, 3.05) is 24.7 Å². The molecule has 1 amide bonds. The molecule has 0 bridgehead atoms. The van der Waals surface area contributed by atoms with Crippen LogP contribution in [0.5, 0.6) is 0 Å². The van der Waals surface area contributed by atoms with E-state index in [0.29, 0.717) is 25.8 Å². The summed E-state index contributed by atoms with van der Waals surface area (Å²) in [6.07, 6.45) is 3.51. The van der Waals surface area contributed by atoms with Crippen LogP contribution in [0.3, 0.4) is 0 Å². The Morgan fingerprint density at radius 2 is 1.94 bits per heavy atom. The summed E-state index contributed by atoms with van der Waals surface area (Å²) in [6, 6.07) is 7.65. The van der Waals surface area contributed by atoms with Gasteiger partial charge in [0.15, 0.2) is 0 Å². The summed E-state index contributed by atoms with van der Waals surface area (Å²) >= 11 is 3.68. The van der Waals surface area contributed by atoms with Crippen LogP contribution in [0.4, 0.5) is 0 Å². The second kappa shape index (κ2) is 12.1. The molecule has 0 aromatic heterocycles. The van der Waals surface area contributed by atoms with Crippen molar-refractivity contribution in [3.8, 4) is 0 Å². The molecule has 0 radical (unpaired) electrons. The molecule has 3 atom stereocenters. The average Bonchev–Trinajstić information content (AvgIpc) is 2.82. The maximum atomic E-state index is 13.3. The van der Waals surface area contributed by atoms with Crippen molar-refractivity contribution in [3.63, 3.8) is 0 Å². The number of piperidine rings is 1. The van der Waals surface area contributed by atoms with E-state index >= 15 is 0 Å². The molecule has 33 heavy (non-hydrogen) atoms. The molecule has 2 fully saturated rings. The summed E-state index contributed by atoms with van der Waals surface area (Å²) in [6.45, 7) is 4.12. The van der Waals surface area contributed by atoms with E-state index in [9.17, 15) is 19.5 Å². The van der Waals surface area contributed by atoms with E-state index in [-0.39, 0.29) is 16.6 Å². The van der Waals surface area contributed by atoms with Crippen LogP contribution in [0, 0.1) is 0 Å². The summed E-state index contributed by atoms with van der Waals surface area (Å²) in [5.74, 6) is 0.432. The number of thioether (sulfide) groups is 2. The third-order valence-electron chi connectivity index (χ3n) is 6.16. The van der Waals surface area contributed by atoms with Gasteiger partial charge < -0.3 is 14.7 Å². The number of nitrogens with one attached hydrogen (secondary N) is 1. The molecular weight excluding hydrogens is 460 g/mol. The largest absolute Gasteiger partial charge is 0.480 e. The Morgan fingerprint density at radius 1 is 1.24 bits per heavy atom. The highest BCUT2D eigenvalue weighted by molar-refractivity contribution is 8.18. The summed E-state index contributed by atoms with van der Waals surface area (Å²) in [5, 5.41) is 13.0. The van der Waals surface area contributed by atoms with Crippen molar-refractivity contribution < 1.29 is 24.2 Å². The highest BCUT2D eigenvalue weighted by Gasteiger charge is 2.46. The molecule has 2 saturated heterocycles. The fourth-order valence-corrected chi connectivity index (χ4v) is 7.77. The number of carboxylic acid groups (broad SMARTS) is 1. The topological polar surface area (TPSA) is 95.9 Å². The number of carboxylic acids is 1. The monoisotopic (exact) mass is 494 g/mol. The van der Waals surface area contributed by atoms with Crippen molar-refractivity contribution in [2.45, 2.75) is 68.2 Å². The zero-order valence-electron chi connectivity index (χ0n) is 19.3. The summed E-state index contributed by atoms with van der Waals surface area (Å²) in [5.41, 5.74) is 1.10. The number of esters is 1. The minimum atomic E-state index is -0.965. The second-order valence-corrected chi connectivity index (χ2v) is 11.7. The molecule has 9 heteroatoms. The fraction of sp³-hybridized carbons (Fsp3) is 0.625. The molecule has 1 spiro atoms. The van der Waals surface area contributed by atoms with Gasteiger partial charge in [0.2, 0.25) is 5.91 Å². The van der Waals surface area contributed by atoms with Gasteiger partial charge in [0.1, 0.15) is 12.1 Å². The molecule has 2 aliphatic heterocycles. The van der Waals surface area contributed by atoms with Gasteiger partial charge in [-0.05, 0) is 56.6 Å². The predicted molar refractivity (Wildman–Crippen MR) is 132 cm³/mol. The number of carbonyl (C=O) groups excluding carboxylic acids is 2. The number of hydrogen-bond acceptors (Lipinski definition) is 7. The van der Waals surface area contributed by atoms with Gasteiger partial charge in [-0.1, -0.05) is 30.3 Å². The van der Waals surface area contributed by atoms with Gasteiger partial charge in [0.25, 0.3) is 0 Å². The zero-order valence-corrected chi connectivity index (χ0v) is 21.0. The molecule has 0 aliphatic carbocycles. The van der Waals surface area contributed by atoms with Gasteiger partial charge in [-0.25, -0.2) is 4.79 Å². The van der Waals surface area contributed by atoms with Gasteiger partial charge in [0.05, 0.1) is 16.7 Å². The third kappa shape index (κ3) is 6.90. The Morgan fingerprint density at radius 3 is 2.58 bits per heavy atom. The van der Waals surface area contributed by atoms with Gasteiger partial charge in [-0.3, -0.25) is 14.9 Å². The van der Waals surface area contributed by atoms with Crippen molar-refractivity contribution >= 4 is 41.4 Å². The van der Waals surface area contributed by atoms with Gasteiger partial charge in [-0.15, -0.1) is 23.5 Å². The molecule has 0 saturated carbocycles. The normalized spacial score (nSPS) is 21.9. The number of rotatable bonds is 9.